The molecule has 1 aromatic rings. The molecule has 1 rings (SSSR count). The minimum absolute atomic E-state index is 0.0128. The van der Waals surface area contributed by atoms with E-state index in [1.807, 2.05) is 13.8 Å². The molecule has 1 aromatic carbocycles. The Hall–Kier alpha value is -1.97. The van der Waals surface area contributed by atoms with Gasteiger partial charge in [0.25, 0.3) is 0 Å². The highest BCUT2D eigenvalue weighted by Crippen LogP contribution is 2.37. The zero-order valence-corrected chi connectivity index (χ0v) is 16.0. The summed E-state index contributed by atoms with van der Waals surface area (Å²) < 4.78 is 77.1. The average Bonchev–Trinajstić information content (AvgIpc) is 2.56. The van der Waals surface area contributed by atoms with Gasteiger partial charge in [-0.25, -0.2) is 4.79 Å². The molecule has 0 radical (unpaired) electrons. The Morgan fingerprint density at radius 1 is 1.00 bits per heavy atom. The van der Waals surface area contributed by atoms with Gasteiger partial charge in [-0.2, -0.15) is 26.3 Å². The van der Waals surface area contributed by atoms with E-state index in [1.54, 1.807) is 6.92 Å². The summed E-state index contributed by atoms with van der Waals surface area (Å²) in [5, 5.41) is 4.58. The van der Waals surface area contributed by atoms with E-state index in [-0.39, 0.29) is 12.1 Å². The molecule has 28 heavy (non-hydrogen) atoms. The predicted octanol–water partition coefficient (Wildman–Crippen LogP) is 5.36. The molecule has 1 atom stereocenters. The lowest BCUT2D eigenvalue weighted by atomic mass is 10.1. The molecule has 0 spiro atoms. The molecule has 4 nitrogen and oxygen atoms in total. The summed E-state index contributed by atoms with van der Waals surface area (Å²) in [5.41, 5.74) is -3.54. The number of benzene rings is 1. The molecule has 0 saturated heterocycles. The van der Waals surface area contributed by atoms with Gasteiger partial charge in [0.15, 0.2) is 0 Å². The van der Waals surface area contributed by atoms with Crippen LogP contribution in [-0.2, 0) is 12.4 Å². The van der Waals surface area contributed by atoms with Crippen molar-refractivity contribution in [3.63, 3.8) is 0 Å². The minimum Gasteiger partial charge on any atom is -0.335 e. The van der Waals surface area contributed by atoms with Gasteiger partial charge in [-0.05, 0) is 57.6 Å². The van der Waals surface area contributed by atoms with Crippen LogP contribution in [0.4, 0.5) is 36.8 Å². The largest absolute Gasteiger partial charge is 0.416 e. The molecule has 1 unspecified atom stereocenters. The molecule has 0 saturated carbocycles. The quantitative estimate of drug-likeness (QED) is 0.564. The maximum Gasteiger partial charge on any atom is 0.416 e. The van der Waals surface area contributed by atoms with E-state index < -0.39 is 35.2 Å². The van der Waals surface area contributed by atoms with Crippen molar-refractivity contribution >= 4 is 11.7 Å². The Balaban J connectivity index is 2.75. The average molecular weight is 413 g/mol. The number of urea groups is 1. The smallest absolute Gasteiger partial charge is 0.335 e. The third kappa shape index (κ3) is 7.95. The van der Waals surface area contributed by atoms with E-state index in [4.69, 9.17) is 0 Å². The number of anilines is 1. The van der Waals surface area contributed by atoms with Crippen LogP contribution < -0.4 is 10.6 Å². The van der Waals surface area contributed by atoms with Crippen molar-refractivity contribution in [3.8, 4) is 0 Å². The first-order chi connectivity index (χ1) is 12.9. The van der Waals surface area contributed by atoms with E-state index in [0.29, 0.717) is 18.6 Å². The summed E-state index contributed by atoms with van der Waals surface area (Å²) in [7, 11) is 0. The zero-order valence-electron chi connectivity index (χ0n) is 16.0. The second-order valence-corrected chi connectivity index (χ2v) is 6.46. The number of amides is 2. The summed E-state index contributed by atoms with van der Waals surface area (Å²) >= 11 is 0. The lowest BCUT2D eigenvalue weighted by Gasteiger charge is -2.20. The molecule has 0 bridgehead atoms. The fourth-order valence-electron chi connectivity index (χ4n) is 2.65. The molecule has 0 aliphatic heterocycles. The summed E-state index contributed by atoms with van der Waals surface area (Å²) in [6, 6.07) is -0.190. The SMILES string of the molecule is CCN(CC)CCCC(C)NC(=O)Nc1cc(C(F)(F)F)cc(C(F)(F)F)c1. The maximum absolute atomic E-state index is 12.8. The highest BCUT2D eigenvalue weighted by Gasteiger charge is 2.37. The van der Waals surface area contributed by atoms with Crippen LogP contribution >= 0.6 is 0 Å². The normalized spacial score (nSPS) is 13.5. The first-order valence-corrected chi connectivity index (χ1v) is 8.96. The van der Waals surface area contributed by atoms with Gasteiger partial charge in [0, 0.05) is 11.7 Å². The van der Waals surface area contributed by atoms with Crippen LogP contribution in [0, 0.1) is 0 Å². The van der Waals surface area contributed by atoms with Crippen molar-refractivity contribution in [2.45, 2.75) is 52.0 Å². The minimum atomic E-state index is -4.97. The molecular weight excluding hydrogens is 388 g/mol. The standard InChI is InChI=1S/C18H25F6N3O/c1-4-27(5-2)8-6-7-12(3)25-16(28)26-15-10-13(17(19,20)21)9-14(11-15)18(22,23)24/h9-12H,4-8H2,1-3H3,(H2,25,26,28). The molecule has 0 fully saturated rings. The van der Waals surface area contributed by atoms with Crippen LogP contribution in [0.5, 0.6) is 0 Å². The number of carbonyl (C=O) groups is 1. The van der Waals surface area contributed by atoms with Gasteiger partial charge in [0.05, 0.1) is 11.1 Å². The summed E-state index contributed by atoms with van der Waals surface area (Å²) in [4.78, 5) is 14.2. The first kappa shape index (κ1) is 24.1. The molecule has 160 valence electrons. The number of hydrogen-bond donors (Lipinski definition) is 2. The van der Waals surface area contributed by atoms with Crippen molar-refractivity contribution in [1.29, 1.82) is 0 Å². The predicted molar refractivity (Wildman–Crippen MR) is 95.1 cm³/mol. The number of rotatable bonds is 8. The fraction of sp³-hybridized carbons (Fsp3) is 0.611. The Bertz CT molecular complexity index is 609. The van der Waals surface area contributed by atoms with Gasteiger partial charge in [-0.3, -0.25) is 0 Å². The van der Waals surface area contributed by atoms with Gasteiger partial charge in [-0.15, -0.1) is 0 Å². The van der Waals surface area contributed by atoms with Gasteiger partial charge < -0.3 is 15.5 Å². The topological polar surface area (TPSA) is 44.4 Å². The second kappa shape index (κ2) is 9.99. The van der Waals surface area contributed by atoms with Gasteiger partial charge in [0.1, 0.15) is 0 Å². The number of alkyl halides is 6. The molecule has 0 aliphatic carbocycles. The number of nitrogens with zero attached hydrogens (tertiary/aromatic N) is 1. The molecule has 10 heteroatoms. The monoisotopic (exact) mass is 413 g/mol. The Kier molecular flexibility index (Phi) is 8.59. The number of halogens is 6. The van der Waals surface area contributed by atoms with Crippen molar-refractivity contribution in [2.75, 3.05) is 25.0 Å². The van der Waals surface area contributed by atoms with Crippen molar-refractivity contribution in [2.24, 2.45) is 0 Å². The molecule has 0 aromatic heterocycles. The Labute approximate surface area is 160 Å². The van der Waals surface area contributed by atoms with Gasteiger partial charge in [-0.1, -0.05) is 13.8 Å². The summed E-state index contributed by atoms with van der Waals surface area (Å²) in [5.74, 6) is 0. The lowest BCUT2D eigenvalue weighted by Crippen LogP contribution is -2.36. The highest BCUT2D eigenvalue weighted by molar-refractivity contribution is 5.89. The van der Waals surface area contributed by atoms with Crippen molar-refractivity contribution in [3.05, 3.63) is 29.3 Å². The summed E-state index contributed by atoms with van der Waals surface area (Å²) in [6.45, 7) is 8.41. The third-order valence-corrected chi connectivity index (χ3v) is 4.23. The van der Waals surface area contributed by atoms with Crippen LogP contribution in [0.2, 0.25) is 0 Å². The van der Waals surface area contributed by atoms with Gasteiger partial charge >= 0.3 is 18.4 Å². The first-order valence-electron chi connectivity index (χ1n) is 8.96. The zero-order chi connectivity index (χ0) is 21.5. The van der Waals surface area contributed by atoms with Crippen LogP contribution in [0.3, 0.4) is 0 Å². The second-order valence-electron chi connectivity index (χ2n) is 6.46. The van der Waals surface area contributed by atoms with E-state index in [9.17, 15) is 31.1 Å². The maximum atomic E-state index is 12.8. The molecule has 0 heterocycles. The van der Waals surface area contributed by atoms with Crippen molar-refractivity contribution in [1.82, 2.24) is 10.2 Å². The third-order valence-electron chi connectivity index (χ3n) is 4.23. The number of carbonyl (C=O) groups excluding carboxylic acids is 1. The van der Waals surface area contributed by atoms with Crippen LogP contribution in [-0.4, -0.2) is 36.6 Å². The molecule has 2 amide bonds. The molecular formula is C18H25F6N3O. The summed E-state index contributed by atoms with van der Waals surface area (Å²) in [6.07, 6.45) is -8.51. The van der Waals surface area contributed by atoms with Crippen LogP contribution in [0.25, 0.3) is 0 Å². The molecule has 2 N–H and O–H groups in total. The van der Waals surface area contributed by atoms with E-state index in [1.165, 1.54) is 0 Å². The van der Waals surface area contributed by atoms with Crippen LogP contribution in [0.15, 0.2) is 18.2 Å². The van der Waals surface area contributed by atoms with E-state index >= 15 is 0 Å². The van der Waals surface area contributed by atoms with Crippen LogP contribution in [0.1, 0.15) is 44.7 Å². The number of hydrogen-bond acceptors (Lipinski definition) is 2. The highest BCUT2D eigenvalue weighted by atomic mass is 19.4. The Morgan fingerprint density at radius 2 is 1.50 bits per heavy atom. The Morgan fingerprint density at radius 3 is 1.93 bits per heavy atom. The van der Waals surface area contributed by atoms with Gasteiger partial charge in [0.2, 0.25) is 0 Å². The molecule has 0 aliphatic rings. The fourth-order valence-corrected chi connectivity index (χ4v) is 2.65. The lowest BCUT2D eigenvalue weighted by molar-refractivity contribution is -0.143. The van der Waals surface area contributed by atoms with Crippen molar-refractivity contribution < 1.29 is 31.1 Å². The number of nitrogens with one attached hydrogen (secondary N) is 2. The van der Waals surface area contributed by atoms with E-state index in [2.05, 4.69) is 15.5 Å². The van der Waals surface area contributed by atoms with E-state index in [0.717, 1.165) is 26.1 Å².